The predicted molar refractivity (Wildman–Crippen MR) is 100 cm³/mol. The van der Waals surface area contributed by atoms with Crippen LogP contribution in [0.2, 0.25) is 10.0 Å². The molecule has 0 radical (unpaired) electrons. The van der Waals surface area contributed by atoms with Gasteiger partial charge in [0.25, 0.3) is 0 Å². The van der Waals surface area contributed by atoms with Gasteiger partial charge in [0.1, 0.15) is 16.5 Å². The number of benzene rings is 1. The maximum absolute atomic E-state index is 13.9. The molecule has 3 rings (SSSR count). The molecule has 0 aliphatic rings. The second-order valence-corrected chi connectivity index (χ2v) is 6.58. The van der Waals surface area contributed by atoms with Gasteiger partial charge in [-0.1, -0.05) is 29.3 Å². The highest BCUT2D eigenvalue weighted by Gasteiger charge is 2.15. The van der Waals surface area contributed by atoms with E-state index in [1.165, 1.54) is 40.0 Å². The first-order valence-corrected chi connectivity index (χ1v) is 8.81. The summed E-state index contributed by atoms with van der Waals surface area (Å²) in [5.41, 5.74) is 0.234. The van der Waals surface area contributed by atoms with Gasteiger partial charge in [-0.05, 0) is 18.2 Å². The number of carboxylic acid groups (broad SMARTS) is 1. The van der Waals surface area contributed by atoms with Gasteiger partial charge in [-0.3, -0.25) is 14.2 Å². The van der Waals surface area contributed by atoms with Crippen molar-refractivity contribution in [2.24, 2.45) is 0 Å². The van der Waals surface area contributed by atoms with Crippen molar-refractivity contribution in [3.05, 3.63) is 63.8 Å². The van der Waals surface area contributed by atoms with Gasteiger partial charge in [-0.15, -0.1) is 0 Å². The lowest BCUT2D eigenvalue weighted by Crippen LogP contribution is -2.18. The zero-order chi connectivity index (χ0) is 20.3. The number of hydrogen-bond donors (Lipinski definition) is 2. The van der Waals surface area contributed by atoms with Crippen LogP contribution in [0.1, 0.15) is 22.5 Å². The summed E-state index contributed by atoms with van der Waals surface area (Å²) >= 11 is 12.1. The first kappa shape index (κ1) is 19.8. The van der Waals surface area contributed by atoms with Gasteiger partial charge >= 0.3 is 5.97 Å². The second-order valence-electron chi connectivity index (χ2n) is 5.77. The lowest BCUT2D eigenvalue weighted by molar-refractivity contribution is -0.116. The average Bonchev–Trinajstić information content (AvgIpc) is 3.23. The number of aryl methyl sites for hydroxylation is 1. The van der Waals surface area contributed by atoms with E-state index in [-0.39, 0.29) is 46.6 Å². The topological polar surface area (TPSA) is 102 Å². The molecule has 1 amide bonds. The van der Waals surface area contributed by atoms with E-state index in [4.69, 9.17) is 28.3 Å². The van der Waals surface area contributed by atoms with E-state index in [2.05, 4.69) is 15.5 Å². The van der Waals surface area contributed by atoms with E-state index >= 15 is 0 Å². The maximum atomic E-state index is 13.9. The van der Waals surface area contributed by atoms with Crippen LogP contribution in [0.5, 0.6) is 0 Å². The molecular weight excluding hydrogens is 412 g/mol. The Bertz CT molecular complexity index is 1010. The quantitative estimate of drug-likeness (QED) is 0.604. The summed E-state index contributed by atoms with van der Waals surface area (Å²) in [7, 11) is 0. The third kappa shape index (κ3) is 4.49. The highest BCUT2D eigenvalue weighted by Crippen LogP contribution is 2.23. The van der Waals surface area contributed by atoms with Crippen molar-refractivity contribution in [2.45, 2.75) is 19.5 Å². The Kier molecular flexibility index (Phi) is 5.96. The number of carbonyl (C=O) groups is 2. The number of nitrogens with one attached hydrogen (secondary N) is 1. The number of amides is 1. The molecule has 1 aromatic carbocycles. The third-order valence-electron chi connectivity index (χ3n) is 3.84. The molecule has 0 aliphatic carbocycles. The first-order valence-electron chi connectivity index (χ1n) is 8.06. The van der Waals surface area contributed by atoms with Crippen molar-refractivity contribution in [3.63, 3.8) is 0 Å². The largest absolute Gasteiger partial charge is 0.477 e. The Hall–Kier alpha value is -2.91. The molecule has 0 bridgehead atoms. The molecule has 11 heteroatoms. The Labute approximate surface area is 168 Å². The number of aromatic nitrogens is 4. The zero-order valence-corrected chi connectivity index (χ0v) is 15.8. The van der Waals surface area contributed by atoms with Crippen LogP contribution in [-0.2, 0) is 17.9 Å². The summed E-state index contributed by atoms with van der Waals surface area (Å²) in [4.78, 5) is 23.2. The lowest BCUT2D eigenvalue weighted by Gasteiger charge is -2.06. The van der Waals surface area contributed by atoms with Crippen molar-refractivity contribution in [2.75, 3.05) is 5.32 Å². The minimum atomic E-state index is -1.13. The first-order chi connectivity index (χ1) is 13.3. The van der Waals surface area contributed by atoms with Crippen molar-refractivity contribution in [1.82, 2.24) is 19.6 Å². The van der Waals surface area contributed by atoms with Crippen molar-refractivity contribution in [1.29, 1.82) is 0 Å². The molecule has 3 aromatic rings. The third-order valence-corrected chi connectivity index (χ3v) is 4.47. The van der Waals surface area contributed by atoms with Crippen LogP contribution >= 0.6 is 23.2 Å². The molecule has 0 spiro atoms. The standard InChI is InChI=1S/C17H14Cl2FN5O3/c18-11-2-1-3-13(20)10(11)8-24-9-12(19)16(23-24)22-15(26)5-7-25-14(17(27)28)4-6-21-25/h1-4,6,9H,5,7-8H2,(H,27,28)(H,22,23,26). The van der Waals surface area contributed by atoms with Crippen LogP contribution in [0.25, 0.3) is 0 Å². The Morgan fingerprint density at radius 3 is 2.71 bits per heavy atom. The second kappa shape index (κ2) is 8.41. The molecule has 146 valence electrons. The molecule has 2 N–H and O–H groups in total. The molecule has 0 saturated heterocycles. The fraction of sp³-hybridized carbons (Fsp3) is 0.176. The van der Waals surface area contributed by atoms with Gasteiger partial charge in [0.2, 0.25) is 5.91 Å². The Balaban J connectivity index is 1.64. The molecule has 0 unspecified atom stereocenters. The van der Waals surface area contributed by atoms with Crippen molar-refractivity contribution < 1.29 is 19.1 Å². The van der Waals surface area contributed by atoms with Crippen LogP contribution < -0.4 is 5.32 Å². The highest BCUT2D eigenvalue weighted by atomic mass is 35.5. The monoisotopic (exact) mass is 425 g/mol. The molecule has 28 heavy (non-hydrogen) atoms. The van der Waals surface area contributed by atoms with Gasteiger partial charge in [-0.25, -0.2) is 9.18 Å². The molecule has 0 aliphatic heterocycles. The van der Waals surface area contributed by atoms with Crippen molar-refractivity contribution in [3.8, 4) is 0 Å². The maximum Gasteiger partial charge on any atom is 0.354 e. The summed E-state index contributed by atoms with van der Waals surface area (Å²) in [6.07, 6.45) is 2.74. The molecule has 0 saturated carbocycles. The fourth-order valence-electron chi connectivity index (χ4n) is 2.50. The number of nitrogens with zero attached hydrogens (tertiary/aromatic N) is 4. The van der Waals surface area contributed by atoms with E-state index in [1.54, 1.807) is 6.07 Å². The van der Waals surface area contributed by atoms with Gasteiger partial charge < -0.3 is 10.4 Å². The highest BCUT2D eigenvalue weighted by molar-refractivity contribution is 6.33. The molecule has 2 aromatic heterocycles. The van der Waals surface area contributed by atoms with Crippen molar-refractivity contribution >= 4 is 40.9 Å². The SMILES string of the molecule is O=C(CCn1nccc1C(=O)O)Nc1nn(Cc2c(F)cccc2Cl)cc1Cl. The smallest absolute Gasteiger partial charge is 0.354 e. The minimum absolute atomic E-state index is 0.0168. The van der Waals surface area contributed by atoms with Crippen LogP contribution in [0.4, 0.5) is 10.2 Å². The number of halogens is 3. The molecule has 0 fully saturated rings. The number of rotatable bonds is 7. The zero-order valence-electron chi connectivity index (χ0n) is 14.3. The summed E-state index contributed by atoms with van der Waals surface area (Å²) < 4.78 is 16.5. The summed E-state index contributed by atoms with van der Waals surface area (Å²) in [6, 6.07) is 5.69. The number of anilines is 1. The molecule has 8 nitrogen and oxygen atoms in total. The average molecular weight is 426 g/mol. The van der Waals surface area contributed by atoms with Crippen LogP contribution in [0.3, 0.4) is 0 Å². The van der Waals surface area contributed by atoms with Gasteiger partial charge in [0.05, 0.1) is 13.1 Å². The number of carboxylic acids is 1. The van der Waals surface area contributed by atoms with E-state index in [0.29, 0.717) is 0 Å². The Morgan fingerprint density at radius 2 is 2.00 bits per heavy atom. The summed E-state index contributed by atoms with van der Waals surface area (Å²) in [5.74, 6) is -1.93. The number of hydrogen-bond acceptors (Lipinski definition) is 4. The van der Waals surface area contributed by atoms with Crippen LogP contribution in [0, 0.1) is 5.82 Å². The normalized spacial score (nSPS) is 10.8. The fourth-order valence-corrected chi connectivity index (χ4v) is 2.92. The predicted octanol–water partition coefficient (Wildman–Crippen LogP) is 3.30. The van der Waals surface area contributed by atoms with E-state index in [9.17, 15) is 14.0 Å². The van der Waals surface area contributed by atoms with E-state index in [0.717, 1.165) is 0 Å². The Morgan fingerprint density at radius 1 is 1.21 bits per heavy atom. The molecule has 2 heterocycles. The number of aromatic carboxylic acids is 1. The van der Waals surface area contributed by atoms with Crippen LogP contribution in [0.15, 0.2) is 36.7 Å². The summed E-state index contributed by atoms with van der Waals surface area (Å²) in [5, 5.41) is 20.0. The molecule has 0 atom stereocenters. The van der Waals surface area contributed by atoms with E-state index < -0.39 is 17.7 Å². The minimum Gasteiger partial charge on any atom is -0.477 e. The van der Waals surface area contributed by atoms with Crippen LogP contribution in [-0.4, -0.2) is 36.5 Å². The van der Waals surface area contributed by atoms with Gasteiger partial charge in [-0.2, -0.15) is 10.2 Å². The van der Waals surface area contributed by atoms with Gasteiger partial charge in [0.15, 0.2) is 5.82 Å². The van der Waals surface area contributed by atoms with Gasteiger partial charge in [0, 0.05) is 29.4 Å². The number of carbonyl (C=O) groups excluding carboxylic acids is 1. The lowest BCUT2D eigenvalue weighted by atomic mass is 10.2. The van der Waals surface area contributed by atoms with E-state index in [1.807, 2.05) is 0 Å². The summed E-state index contributed by atoms with van der Waals surface area (Å²) in [6.45, 7) is 0.111. The molecular formula is C17H14Cl2FN5O3.